The molecule has 0 aromatic carbocycles. The molecule has 1 aromatic heterocycles. The zero-order chi connectivity index (χ0) is 19.6. The Morgan fingerprint density at radius 3 is 2.70 bits per heavy atom. The maximum Gasteiger partial charge on any atom is 0.409 e. The summed E-state index contributed by atoms with van der Waals surface area (Å²) < 4.78 is 5.03. The molecule has 27 heavy (non-hydrogen) atoms. The van der Waals surface area contributed by atoms with Crippen LogP contribution in [-0.2, 0) is 4.74 Å². The topological polar surface area (TPSA) is 99.7 Å². The minimum Gasteiger partial charge on any atom is -0.450 e. The quantitative estimate of drug-likeness (QED) is 0.656. The van der Waals surface area contributed by atoms with Crippen LogP contribution in [-0.4, -0.2) is 84.7 Å². The molecule has 2 rings (SSSR count). The van der Waals surface area contributed by atoms with Crippen LogP contribution in [0.5, 0.6) is 0 Å². The van der Waals surface area contributed by atoms with Crippen molar-refractivity contribution in [1.29, 1.82) is 0 Å². The van der Waals surface area contributed by atoms with E-state index in [-0.39, 0.29) is 18.0 Å². The molecule has 0 unspecified atom stereocenters. The molecule has 1 aliphatic rings. The number of carbonyl (C=O) groups is 2. The summed E-state index contributed by atoms with van der Waals surface area (Å²) in [6.45, 7) is 4.99. The molecule has 1 aromatic rings. The molecule has 9 nitrogen and oxygen atoms in total. The van der Waals surface area contributed by atoms with Gasteiger partial charge in [-0.15, -0.1) is 0 Å². The molecule has 2 amide bonds. The first-order chi connectivity index (χ1) is 13.0. The Labute approximate surface area is 160 Å². The van der Waals surface area contributed by atoms with Gasteiger partial charge in [-0.25, -0.2) is 14.8 Å². The molecule has 0 aliphatic carbocycles. The van der Waals surface area contributed by atoms with E-state index in [0.717, 1.165) is 25.8 Å². The van der Waals surface area contributed by atoms with Gasteiger partial charge in [0.1, 0.15) is 17.8 Å². The number of nitrogens with one attached hydrogen (secondary N) is 2. The number of hydrogen-bond donors (Lipinski definition) is 2. The summed E-state index contributed by atoms with van der Waals surface area (Å²) in [6.07, 6.45) is 3.62. The number of piperidine rings is 1. The highest BCUT2D eigenvalue weighted by Crippen LogP contribution is 2.16. The highest BCUT2D eigenvalue weighted by molar-refractivity contribution is 5.92. The molecule has 2 heterocycles. The molecule has 0 radical (unpaired) electrons. The van der Waals surface area contributed by atoms with E-state index in [4.69, 9.17) is 4.74 Å². The van der Waals surface area contributed by atoms with Gasteiger partial charge in [0.2, 0.25) is 0 Å². The number of anilines is 1. The minimum absolute atomic E-state index is 0.196. The standard InChI is InChI=1S/C18H30N6O3/c1-4-27-18(26)24-10-6-14(7-11-24)22-16-12-15(20-13-21-16)17(25)19-8-5-9-23(2)3/h12-14H,4-11H2,1-3H3,(H,19,25)(H,20,21,22). The Morgan fingerprint density at radius 2 is 2.04 bits per heavy atom. The van der Waals surface area contributed by atoms with Crippen LogP contribution in [0.1, 0.15) is 36.7 Å². The zero-order valence-corrected chi connectivity index (χ0v) is 16.4. The summed E-state index contributed by atoms with van der Waals surface area (Å²) in [5, 5.41) is 6.21. The first-order valence-corrected chi connectivity index (χ1v) is 9.42. The average Bonchev–Trinajstić information content (AvgIpc) is 2.66. The van der Waals surface area contributed by atoms with Crippen LogP contribution >= 0.6 is 0 Å². The highest BCUT2D eigenvalue weighted by atomic mass is 16.6. The van der Waals surface area contributed by atoms with Gasteiger partial charge < -0.3 is 25.2 Å². The number of ether oxygens (including phenoxy) is 1. The van der Waals surface area contributed by atoms with Crippen LogP contribution in [0.25, 0.3) is 0 Å². The Bertz CT molecular complexity index is 617. The third kappa shape index (κ3) is 7.01. The number of nitrogens with zero attached hydrogens (tertiary/aromatic N) is 4. The fourth-order valence-corrected chi connectivity index (χ4v) is 2.88. The molecule has 1 aliphatic heterocycles. The van der Waals surface area contributed by atoms with Crippen molar-refractivity contribution in [2.75, 3.05) is 52.2 Å². The van der Waals surface area contributed by atoms with Crippen LogP contribution in [0.2, 0.25) is 0 Å². The number of amides is 2. The van der Waals surface area contributed by atoms with Crippen molar-refractivity contribution < 1.29 is 14.3 Å². The molecule has 0 spiro atoms. The predicted octanol–water partition coefficient (Wildman–Crippen LogP) is 1.19. The van der Waals surface area contributed by atoms with Crippen molar-refractivity contribution in [3.8, 4) is 0 Å². The fraction of sp³-hybridized carbons (Fsp3) is 0.667. The van der Waals surface area contributed by atoms with Gasteiger partial charge in [0.25, 0.3) is 5.91 Å². The van der Waals surface area contributed by atoms with E-state index >= 15 is 0 Å². The van der Waals surface area contributed by atoms with Crippen molar-refractivity contribution in [2.45, 2.75) is 32.2 Å². The van der Waals surface area contributed by atoms with Crippen LogP contribution < -0.4 is 10.6 Å². The van der Waals surface area contributed by atoms with E-state index in [0.29, 0.717) is 37.8 Å². The maximum absolute atomic E-state index is 12.2. The van der Waals surface area contributed by atoms with Crippen molar-refractivity contribution in [3.05, 3.63) is 18.1 Å². The van der Waals surface area contributed by atoms with Crippen molar-refractivity contribution in [3.63, 3.8) is 0 Å². The summed E-state index contributed by atoms with van der Waals surface area (Å²) in [4.78, 5) is 36.0. The lowest BCUT2D eigenvalue weighted by Gasteiger charge is -2.31. The number of carbonyl (C=O) groups excluding carboxylic acids is 2. The predicted molar refractivity (Wildman–Crippen MR) is 103 cm³/mol. The number of likely N-dealkylation sites (tertiary alicyclic amines) is 1. The Morgan fingerprint density at radius 1 is 1.30 bits per heavy atom. The van der Waals surface area contributed by atoms with E-state index in [2.05, 4.69) is 25.5 Å². The molecule has 2 N–H and O–H groups in total. The zero-order valence-electron chi connectivity index (χ0n) is 16.4. The van der Waals surface area contributed by atoms with Crippen LogP contribution in [0.15, 0.2) is 12.4 Å². The van der Waals surface area contributed by atoms with Crippen molar-refractivity contribution in [1.82, 2.24) is 25.1 Å². The number of rotatable bonds is 8. The first kappa shape index (κ1) is 20.9. The molecule has 0 atom stereocenters. The Balaban J connectivity index is 1.80. The molecular formula is C18H30N6O3. The summed E-state index contributed by atoms with van der Waals surface area (Å²) in [6, 6.07) is 1.86. The van der Waals surface area contributed by atoms with E-state index in [9.17, 15) is 9.59 Å². The van der Waals surface area contributed by atoms with E-state index in [1.807, 2.05) is 14.1 Å². The molecule has 1 fully saturated rings. The van der Waals surface area contributed by atoms with Gasteiger partial charge >= 0.3 is 6.09 Å². The molecule has 1 saturated heterocycles. The smallest absolute Gasteiger partial charge is 0.409 e. The third-order valence-electron chi connectivity index (χ3n) is 4.34. The van der Waals surface area contributed by atoms with Gasteiger partial charge in [-0.05, 0) is 46.8 Å². The van der Waals surface area contributed by atoms with E-state index < -0.39 is 0 Å². The van der Waals surface area contributed by atoms with Crippen molar-refractivity contribution >= 4 is 17.8 Å². The summed E-state index contributed by atoms with van der Waals surface area (Å²) in [5.41, 5.74) is 0.348. The molecule has 9 heteroatoms. The fourth-order valence-electron chi connectivity index (χ4n) is 2.88. The summed E-state index contributed by atoms with van der Waals surface area (Å²) >= 11 is 0. The lowest BCUT2D eigenvalue weighted by Crippen LogP contribution is -2.42. The summed E-state index contributed by atoms with van der Waals surface area (Å²) in [7, 11) is 4.00. The average molecular weight is 378 g/mol. The van der Waals surface area contributed by atoms with E-state index in [1.54, 1.807) is 17.9 Å². The second kappa shape index (κ2) is 10.7. The summed E-state index contributed by atoms with van der Waals surface area (Å²) in [5.74, 6) is 0.425. The van der Waals surface area contributed by atoms with Gasteiger partial charge in [-0.3, -0.25) is 4.79 Å². The van der Waals surface area contributed by atoms with Crippen LogP contribution in [0.3, 0.4) is 0 Å². The molecule has 0 bridgehead atoms. The van der Waals surface area contributed by atoms with E-state index in [1.165, 1.54) is 6.33 Å². The van der Waals surface area contributed by atoms with Gasteiger partial charge in [0.05, 0.1) is 6.61 Å². The Kier molecular flexibility index (Phi) is 8.25. The van der Waals surface area contributed by atoms with Gasteiger partial charge in [-0.1, -0.05) is 0 Å². The van der Waals surface area contributed by atoms with Gasteiger partial charge in [-0.2, -0.15) is 0 Å². The lowest BCUT2D eigenvalue weighted by atomic mass is 10.1. The lowest BCUT2D eigenvalue weighted by molar-refractivity contribution is 0.0944. The van der Waals surface area contributed by atoms with Gasteiger partial charge in [0.15, 0.2) is 0 Å². The van der Waals surface area contributed by atoms with Crippen LogP contribution in [0, 0.1) is 0 Å². The maximum atomic E-state index is 12.2. The number of hydrogen-bond acceptors (Lipinski definition) is 7. The minimum atomic E-state index is -0.258. The second-order valence-corrected chi connectivity index (χ2v) is 6.81. The third-order valence-corrected chi connectivity index (χ3v) is 4.34. The van der Waals surface area contributed by atoms with Crippen molar-refractivity contribution in [2.24, 2.45) is 0 Å². The molecule has 0 saturated carbocycles. The largest absolute Gasteiger partial charge is 0.450 e. The second-order valence-electron chi connectivity index (χ2n) is 6.81. The molecular weight excluding hydrogens is 348 g/mol. The van der Waals surface area contributed by atoms with Crippen LogP contribution in [0.4, 0.5) is 10.6 Å². The number of aromatic nitrogens is 2. The molecule has 150 valence electrons. The first-order valence-electron chi connectivity index (χ1n) is 9.42. The Hall–Kier alpha value is -2.42. The SMILES string of the molecule is CCOC(=O)N1CCC(Nc2cc(C(=O)NCCCN(C)C)ncn2)CC1. The van der Waals surface area contributed by atoms with Gasteiger partial charge in [0, 0.05) is 31.7 Å². The highest BCUT2D eigenvalue weighted by Gasteiger charge is 2.23. The monoisotopic (exact) mass is 378 g/mol. The normalized spacial score (nSPS) is 14.9.